The molecule has 0 aliphatic heterocycles. The summed E-state index contributed by atoms with van der Waals surface area (Å²) in [6.45, 7) is 2.23. The van der Waals surface area contributed by atoms with Crippen LogP contribution in [0.2, 0.25) is 0 Å². The first-order valence-corrected chi connectivity index (χ1v) is 6.10. The van der Waals surface area contributed by atoms with Gasteiger partial charge in [0.15, 0.2) is 0 Å². The summed E-state index contributed by atoms with van der Waals surface area (Å²) in [6, 6.07) is -0.678. The predicted octanol–water partition coefficient (Wildman–Crippen LogP) is 0.589. The molecule has 0 saturated carbocycles. The predicted molar refractivity (Wildman–Crippen MR) is 67.3 cm³/mol. The number of hydrogen-bond donors (Lipinski definition) is 3. The van der Waals surface area contributed by atoms with Gasteiger partial charge in [-0.2, -0.15) is 5.10 Å². The van der Waals surface area contributed by atoms with E-state index in [2.05, 4.69) is 20.5 Å². The van der Waals surface area contributed by atoms with Gasteiger partial charge >= 0.3 is 12.0 Å². The lowest BCUT2D eigenvalue weighted by molar-refractivity contribution is -0.137. The Hall–Kier alpha value is -2.12. The van der Waals surface area contributed by atoms with Crippen molar-refractivity contribution in [3.8, 4) is 0 Å². The molecular weight excluding hydrogens is 250 g/mol. The van der Waals surface area contributed by atoms with Crippen LogP contribution < -0.4 is 5.32 Å². The molecule has 1 unspecified atom stereocenters. The van der Waals surface area contributed by atoms with Gasteiger partial charge in [-0.3, -0.25) is 9.89 Å². The summed E-state index contributed by atoms with van der Waals surface area (Å²) in [6.07, 6.45) is 2.74. The number of hydrogen-bond acceptors (Lipinski definition) is 4. The molecule has 0 fully saturated rings. The smallest absolute Gasteiger partial charge is 0.317 e. The van der Waals surface area contributed by atoms with Gasteiger partial charge in [0, 0.05) is 13.1 Å². The quantitative estimate of drug-likeness (QED) is 0.670. The van der Waals surface area contributed by atoms with Crippen molar-refractivity contribution in [3.63, 3.8) is 0 Å². The largest absolute Gasteiger partial charge is 0.481 e. The first-order valence-electron chi connectivity index (χ1n) is 6.10. The number of amides is 2. The SMILES string of the molecule is CCCC(CC(=O)O)NC(=O)N(C)Cc1ncn[nH]1. The number of rotatable bonds is 7. The summed E-state index contributed by atoms with van der Waals surface area (Å²) in [4.78, 5) is 27.9. The number of nitrogens with one attached hydrogen (secondary N) is 2. The average Bonchev–Trinajstić information content (AvgIpc) is 2.81. The number of H-pyrrole nitrogens is 1. The maximum absolute atomic E-state index is 11.9. The van der Waals surface area contributed by atoms with E-state index in [1.54, 1.807) is 7.05 Å². The van der Waals surface area contributed by atoms with Crippen molar-refractivity contribution in [2.24, 2.45) is 0 Å². The molecule has 8 heteroatoms. The van der Waals surface area contributed by atoms with E-state index in [0.717, 1.165) is 6.42 Å². The maximum atomic E-state index is 11.9. The summed E-state index contributed by atoms with van der Waals surface area (Å²) in [5.41, 5.74) is 0. The van der Waals surface area contributed by atoms with Crippen LogP contribution in [0.15, 0.2) is 6.33 Å². The van der Waals surface area contributed by atoms with E-state index in [-0.39, 0.29) is 25.0 Å². The number of nitrogens with zero attached hydrogens (tertiary/aromatic N) is 3. The second kappa shape index (κ2) is 7.34. The van der Waals surface area contributed by atoms with Crippen LogP contribution in [0, 0.1) is 0 Å². The van der Waals surface area contributed by atoms with Gasteiger partial charge in [0.25, 0.3) is 0 Å². The zero-order valence-electron chi connectivity index (χ0n) is 11.1. The minimum atomic E-state index is -0.920. The van der Waals surface area contributed by atoms with Gasteiger partial charge in [0.2, 0.25) is 0 Å². The molecular formula is C11H19N5O3. The number of carbonyl (C=O) groups excluding carboxylic acids is 1. The number of carboxylic acid groups (broad SMARTS) is 1. The molecule has 0 aromatic carbocycles. The number of aromatic nitrogens is 3. The highest BCUT2D eigenvalue weighted by atomic mass is 16.4. The zero-order valence-corrected chi connectivity index (χ0v) is 11.1. The van der Waals surface area contributed by atoms with Crippen molar-refractivity contribution >= 4 is 12.0 Å². The lowest BCUT2D eigenvalue weighted by Gasteiger charge is -2.21. The Bertz CT molecular complexity index is 406. The van der Waals surface area contributed by atoms with Crippen molar-refractivity contribution < 1.29 is 14.7 Å². The minimum absolute atomic E-state index is 0.0737. The fourth-order valence-electron chi connectivity index (χ4n) is 1.67. The van der Waals surface area contributed by atoms with Crippen LogP contribution in [0.25, 0.3) is 0 Å². The number of carboxylic acids is 1. The fraction of sp³-hybridized carbons (Fsp3) is 0.636. The molecule has 0 aliphatic carbocycles. The molecule has 8 nitrogen and oxygen atoms in total. The summed E-state index contributed by atoms with van der Waals surface area (Å²) in [5.74, 6) is -0.348. The third-order valence-electron chi connectivity index (χ3n) is 2.58. The summed E-state index contributed by atoms with van der Waals surface area (Å²) >= 11 is 0. The number of aromatic amines is 1. The average molecular weight is 269 g/mol. The Kier molecular flexibility index (Phi) is 5.77. The van der Waals surface area contributed by atoms with E-state index < -0.39 is 5.97 Å². The Labute approximate surface area is 111 Å². The van der Waals surface area contributed by atoms with Gasteiger partial charge < -0.3 is 15.3 Å². The summed E-state index contributed by atoms with van der Waals surface area (Å²) in [7, 11) is 1.61. The molecule has 1 aromatic rings. The van der Waals surface area contributed by atoms with Gasteiger partial charge in [-0.15, -0.1) is 0 Å². The molecule has 1 heterocycles. The van der Waals surface area contributed by atoms with Crippen LogP contribution in [0.1, 0.15) is 32.0 Å². The monoisotopic (exact) mass is 269 g/mol. The Morgan fingerprint density at radius 2 is 2.32 bits per heavy atom. The van der Waals surface area contributed by atoms with Gasteiger partial charge in [-0.1, -0.05) is 13.3 Å². The lowest BCUT2D eigenvalue weighted by atomic mass is 10.1. The van der Waals surface area contributed by atoms with Crippen molar-refractivity contribution in [1.29, 1.82) is 0 Å². The highest BCUT2D eigenvalue weighted by Gasteiger charge is 2.18. The molecule has 0 bridgehead atoms. The van der Waals surface area contributed by atoms with Crippen LogP contribution in [0.3, 0.4) is 0 Å². The first-order chi connectivity index (χ1) is 9.02. The highest BCUT2D eigenvalue weighted by Crippen LogP contribution is 2.03. The van der Waals surface area contributed by atoms with E-state index in [0.29, 0.717) is 12.2 Å². The number of aliphatic carboxylic acids is 1. The van der Waals surface area contributed by atoms with Crippen LogP contribution in [0.4, 0.5) is 4.79 Å². The molecule has 106 valence electrons. The summed E-state index contributed by atoms with van der Waals surface area (Å²) < 4.78 is 0. The molecule has 1 aromatic heterocycles. The van der Waals surface area contributed by atoms with Crippen LogP contribution >= 0.6 is 0 Å². The zero-order chi connectivity index (χ0) is 14.3. The van der Waals surface area contributed by atoms with E-state index in [1.165, 1.54) is 11.2 Å². The third-order valence-corrected chi connectivity index (χ3v) is 2.58. The fourth-order valence-corrected chi connectivity index (χ4v) is 1.67. The molecule has 1 atom stereocenters. The van der Waals surface area contributed by atoms with Gasteiger partial charge in [0.1, 0.15) is 12.2 Å². The first kappa shape index (κ1) is 14.9. The number of carbonyl (C=O) groups is 2. The lowest BCUT2D eigenvalue weighted by Crippen LogP contribution is -2.43. The molecule has 0 aliphatic rings. The molecule has 3 N–H and O–H groups in total. The van der Waals surface area contributed by atoms with Gasteiger partial charge in [-0.05, 0) is 6.42 Å². The van der Waals surface area contributed by atoms with Crippen molar-refractivity contribution in [2.75, 3.05) is 7.05 Å². The Balaban J connectivity index is 2.48. The van der Waals surface area contributed by atoms with Crippen LogP contribution in [-0.4, -0.2) is 50.3 Å². The molecule has 0 saturated heterocycles. The molecule has 2 amide bonds. The van der Waals surface area contributed by atoms with E-state index in [1.807, 2.05) is 6.92 Å². The normalized spacial score (nSPS) is 11.9. The van der Waals surface area contributed by atoms with Crippen molar-refractivity contribution in [3.05, 3.63) is 12.2 Å². The summed E-state index contributed by atoms with van der Waals surface area (Å²) in [5, 5.41) is 17.8. The van der Waals surface area contributed by atoms with Crippen LogP contribution in [-0.2, 0) is 11.3 Å². The van der Waals surface area contributed by atoms with Crippen molar-refractivity contribution in [2.45, 2.75) is 38.8 Å². The third kappa shape index (κ3) is 5.36. The number of urea groups is 1. The topological polar surface area (TPSA) is 111 Å². The second-order valence-electron chi connectivity index (χ2n) is 4.32. The molecule has 0 radical (unpaired) electrons. The standard InChI is InChI=1S/C11H19N5O3/c1-3-4-8(5-10(17)18)14-11(19)16(2)6-9-12-7-13-15-9/h7-8H,3-6H2,1-2H3,(H,14,19)(H,17,18)(H,12,13,15). The Morgan fingerprint density at radius 3 is 2.84 bits per heavy atom. The molecule has 1 rings (SSSR count). The highest BCUT2D eigenvalue weighted by molar-refractivity contribution is 5.75. The second-order valence-corrected chi connectivity index (χ2v) is 4.32. The van der Waals surface area contributed by atoms with E-state index in [9.17, 15) is 9.59 Å². The minimum Gasteiger partial charge on any atom is -0.481 e. The van der Waals surface area contributed by atoms with E-state index in [4.69, 9.17) is 5.11 Å². The van der Waals surface area contributed by atoms with Gasteiger partial charge in [-0.25, -0.2) is 9.78 Å². The van der Waals surface area contributed by atoms with E-state index >= 15 is 0 Å². The van der Waals surface area contributed by atoms with Gasteiger partial charge in [0.05, 0.1) is 13.0 Å². The Morgan fingerprint density at radius 1 is 1.58 bits per heavy atom. The van der Waals surface area contributed by atoms with Crippen LogP contribution in [0.5, 0.6) is 0 Å². The maximum Gasteiger partial charge on any atom is 0.317 e. The van der Waals surface area contributed by atoms with Crippen molar-refractivity contribution in [1.82, 2.24) is 25.4 Å². The molecule has 19 heavy (non-hydrogen) atoms. The molecule has 0 spiro atoms.